The predicted octanol–water partition coefficient (Wildman–Crippen LogP) is -0.470. The molecule has 15 heavy (non-hydrogen) atoms. The Morgan fingerprint density at radius 1 is 1.67 bits per heavy atom. The molecule has 0 radical (unpaired) electrons. The monoisotopic (exact) mass is 210 g/mol. The number of nitrogens with zero attached hydrogens (tertiary/aromatic N) is 3. The SMILES string of the molecule is CCOC(=O)CC1(n2cncn2)CNC1. The van der Waals surface area contributed by atoms with Crippen molar-refractivity contribution in [1.29, 1.82) is 0 Å². The largest absolute Gasteiger partial charge is 0.466 e. The Bertz CT molecular complexity index is 332. The number of rotatable bonds is 4. The number of esters is 1. The first-order valence-electron chi connectivity index (χ1n) is 4.98. The number of hydrogen-bond acceptors (Lipinski definition) is 5. The zero-order valence-corrected chi connectivity index (χ0v) is 8.64. The number of nitrogens with one attached hydrogen (secondary N) is 1. The Labute approximate surface area is 87.6 Å². The predicted molar refractivity (Wildman–Crippen MR) is 52.1 cm³/mol. The standard InChI is InChI=1S/C9H14N4O2/c1-2-15-8(14)3-9(4-10-5-9)13-7-11-6-12-13/h6-7,10H,2-5H2,1H3. The van der Waals surface area contributed by atoms with Crippen LogP contribution in [0.25, 0.3) is 0 Å². The van der Waals surface area contributed by atoms with Crippen LogP contribution in [0.5, 0.6) is 0 Å². The minimum atomic E-state index is -0.275. The molecule has 6 heteroatoms. The second kappa shape index (κ2) is 3.98. The zero-order chi connectivity index (χ0) is 10.7. The van der Waals surface area contributed by atoms with Crippen molar-refractivity contribution in [2.24, 2.45) is 0 Å². The van der Waals surface area contributed by atoms with Gasteiger partial charge in [0.05, 0.1) is 18.6 Å². The molecule has 0 aromatic carbocycles. The summed E-state index contributed by atoms with van der Waals surface area (Å²) in [6, 6.07) is 0. The Morgan fingerprint density at radius 3 is 2.93 bits per heavy atom. The van der Waals surface area contributed by atoms with Gasteiger partial charge in [0.1, 0.15) is 12.7 Å². The van der Waals surface area contributed by atoms with E-state index in [0.29, 0.717) is 13.0 Å². The highest BCUT2D eigenvalue weighted by molar-refractivity contribution is 5.70. The summed E-state index contributed by atoms with van der Waals surface area (Å²) in [6.07, 6.45) is 3.46. The third-order valence-electron chi connectivity index (χ3n) is 2.59. The molecule has 0 spiro atoms. The van der Waals surface area contributed by atoms with Crippen molar-refractivity contribution >= 4 is 5.97 Å². The number of hydrogen-bond donors (Lipinski definition) is 1. The van der Waals surface area contributed by atoms with Crippen LogP contribution in [0.1, 0.15) is 13.3 Å². The van der Waals surface area contributed by atoms with E-state index in [0.717, 1.165) is 13.1 Å². The lowest BCUT2D eigenvalue weighted by atomic mass is 9.89. The molecule has 1 aromatic rings. The molecule has 0 unspecified atom stereocenters. The molecule has 82 valence electrons. The molecule has 1 aromatic heterocycles. The third-order valence-corrected chi connectivity index (χ3v) is 2.59. The van der Waals surface area contributed by atoms with Crippen LogP contribution in [0, 0.1) is 0 Å². The van der Waals surface area contributed by atoms with E-state index in [1.54, 1.807) is 17.9 Å². The van der Waals surface area contributed by atoms with Gasteiger partial charge in [-0.3, -0.25) is 4.79 Å². The van der Waals surface area contributed by atoms with E-state index in [1.807, 2.05) is 0 Å². The molecule has 1 fully saturated rings. The van der Waals surface area contributed by atoms with Crippen molar-refractivity contribution < 1.29 is 9.53 Å². The van der Waals surface area contributed by atoms with E-state index in [9.17, 15) is 4.79 Å². The van der Waals surface area contributed by atoms with E-state index in [4.69, 9.17) is 4.74 Å². The van der Waals surface area contributed by atoms with Crippen LogP contribution >= 0.6 is 0 Å². The lowest BCUT2D eigenvalue weighted by Crippen LogP contribution is -2.61. The highest BCUT2D eigenvalue weighted by Crippen LogP contribution is 2.24. The Hall–Kier alpha value is -1.43. The summed E-state index contributed by atoms with van der Waals surface area (Å²) in [5.41, 5.74) is -0.275. The van der Waals surface area contributed by atoms with Crippen LogP contribution in [0.2, 0.25) is 0 Å². The summed E-state index contributed by atoms with van der Waals surface area (Å²) in [5, 5.41) is 7.22. The topological polar surface area (TPSA) is 69.0 Å². The van der Waals surface area contributed by atoms with Crippen molar-refractivity contribution in [2.75, 3.05) is 19.7 Å². The minimum absolute atomic E-state index is 0.186. The maximum Gasteiger partial charge on any atom is 0.308 e. The van der Waals surface area contributed by atoms with Crippen molar-refractivity contribution in [1.82, 2.24) is 20.1 Å². The fraction of sp³-hybridized carbons (Fsp3) is 0.667. The molecule has 2 heterocycles. The van der Waals surface area contributed by atoms with E-state index in [1.165, 1.54) is 6.33 Å². The third kappa shape index (κ3) is 1.85. The van der Waals surface area contributed by atoms with E-state index in [2.05, 4.69) is 15.4 Å². The molecule has 0 aliphatic carbocycles. The second-order valence-corrected chi connectivity index (χ2v) is 3.65. The van der Waals surface area contributed by atoms with Gasteiger partial charge in [-0.2, -0.15) is 5.10 Å². The van der Waals surface area contributed by atoms with Gasteiger partial charge >= 0.3 is 5.97 Å². The van der Waals surface area contributed by atoms with Crippen LogP contribution in [0.4, 0.5) is 0 Å². The summed E-state index contributed by atoms with van der Waals surface area (Å²) in [7, 11) is 0. The molecular weight excluding hydrogens is 196 g/mol. The maximum absolute atomic E-state index is 11.4. The quantitative estimate of drug-likeness (QED) is 0.680. The van der Waals surface area contributed by atoms with E-state index < -0.39 is 0 Å². The molecule has 1 aliphatic heterocycles. The van der Waals surface area contributed by atoms with E-state index in [-0.39, 0.29) is 11.5 Å². The van der Waals surface area contributed by atoms with Gasteiger partial charge in [0.15, 0.2) is 0 Å². The Balaban J connectivity index is 2.06. The van der Waals surface area contributed by atoms with Crippen molar-refractivity contribution in [3.05, 3.63) is 12.7 Å². The van der Waals surface area contributed by atoms with Crippen LogP contribution < -0.4 is 5.32 Å². The maximum atomic E-state index is 11.4. The van der Waals surface area contributed by atoms with Gasteiger partial charge in [-0.25, -0.2) is 9.67 Å². The highest BCUT2D eigenvalue weighted by atomic mass is 16.5. The van der Waals surface area contributed by atoms with Crippen molar-refractivity contribution in [3.8, 4) is 0 Å². The Kier molecular flexibility index (Phi) is 2.68. The van der Waals surface area contributed by atoms with Gasteiger partial charge in [-0.1, -0.05) is 0 Å². The first-order valence-corrected chi connectivity index (χ1v) is 4.98. The molecule has 6 nitrogen and oxygen atoms in total. The number of ether oxygens (including phenoxy) is 1. The van der Waals surface area contributed by atoms with Crippen LogP contribution in [-0.2, 0) is 15.1 Å². The van der Waals surface area contributed by atoms with Crippen molar-refractivity contribution in [3.63, 3.8) is 0 Å². The average molecular weight is 210 g/mol. The smallest absolute Gasteiger partial charge is 0.308 e. The summed E-state index contributed by atoms with van der Waals surface area (Å²) in [4.78, 5) is 15.3. The van der Waals surface area contributed by atoms with Crippen LogP contribution in [-0.4, -0.2) is 40.4 Å². The van der Waals surface area contributed by atoms with Gasteiger partial charge in [-0.05, 0) is 6.92 Å². The zero-order valence-electron chi connectivity index (χ0n) is 8.64. The second-order valence-electron chi connectivity index (χ2n) is 3.65. The summed E-state index contributed by atoms with van der Waals surface area (Å²) in [5.74, 6) is -0.186. The molecule has 2 rings (SSSR count). The van der Waals surface area contributed by atoms with E-state index >= 15 is 0 Å². The summed E-state index contributed by atoms with van der Waals surface area (Å²) < 4.78 is 6.68. The van der Waals surface area contributed by atoms with Crippen LogP contribution in [0.3, 0.4) is 0 Å². The molecule has 1 aliphatic rings. The molecule has 0 saturated carbocycles. The molecule has 1 saturated heterocycles. The molecule has 0 amide bonds. The number of carbonyl (C=O) groups excluding carboxylic acids is 1. The Morgan fingerprint density at radius 2 is 2.47 bits per heavy atom. The minimum Gasteiger partial charge on any atom is -0.466 e. The number of carbonyl (C=O) groups is 1. The molecular formula is C9H14N4O2. The first-order chi connectivity index (χ1) is 7.27. The molecule has 0 atom stereocenters. The fourth-order valence-corrected chi connectivity index (χ4v) is 1.72. The lowest BCUT2D eigenvalue weighted by Gasteiger charge is -2.41. The number of aromatic nitrogens is 3. The first kappa shape index (κ1) is 10.1. The summed E-state index contributed by atoms with van der Waals surface area (Å²) in [6.45, 7) is 3.68. The van der Waals surface area contributed by atoms with Gasteiger partial charge < -0.3 is 10.1 Å². The normalized spacial score (nSPS) is 18.2. The van der Waals surface area contributed by atoms with Gasteiger partial charge in [0.25, 0.3) is 0 Å². The van der Waals surface area contributed by atoms with Gasteiger partial charge in [0, 0.05) is 13.1 Å². The summed E-state index contributed by atoms with van der Waals surface area (Å²) >= 11 is 0. The fourth-order valence-electron chi connectivity index (χ4n) is 1.72. The van der Waals surface area contributed by atoms with Crippen molar-refractivity contribution in [2.45, 2.75) is 18.9 Å². The van der Waals surface area contributed by atoms with Crippen LogP contribution in [0.15, 0.2) is 12.7 Å². The molecule has 0 bridgehead atoms. The molecule has 1 N–H and O–H groups in total. The lowest BCUT2D eigenvalue weighted by molar-refractivity contribution is -0.146. The van der Waals surface area contributed by atoms with Gasteiger partial charge in [-0.15, -0.1) is 0 Å². The highest BCUT2D eigenvalue weighted by Gasteiger charge is 2.42. The van der Waals surface area contributed by atoms with Gasteiger partial charge in [0.2, 0.25) is 0 Å². The average Bonchev–Trinajstić information content (AvgIpc) is 2.64.